The zero-order valence-corrected chi connectivity index (χ0v) is 12.3. The van der Waals surface area contributed by atoms with E-state index in [4.69, 9.17) is 4.74 Å². The number of nitrogens with zero attached hydrogens (tertiary/aromatic N) is 2. The van der Waals surface area contributed by atoms with Crippen molar-refractivity contribution in [3.63, 3.8) is 0 Å². The normalized spacial score (nSPS) is 31.2. The molecule has 0 aromatic heterocycles. The summed E-state index contributed by atoms with van der Waals surface area (Å²) in [5.74, 6) is 0.921. The van der Waals surface area contributed by atoms with Gasteiger partial charge in [0.2, 0.25) is 0 Å². The van der Waals surface area contributed by atoms with Gasteiger partial charge in [0, 0.05) is 38.3 Å². The largest absolute Gasteiger partial charge is 0.497 e. The van der Waals surface area contributed by atoms with E-state index in [9.17, 15) is 5.11 Å². The molecule has 4 heteroatoms. The fourth-order valence-corrected chi connectivity index (χ4v) is 3.50. The summed E-state index contributed by atoms with van der Waals surface area (Å²) in [4.78, 5) is 4.96. The number of hydrogen-bond donors (Lipinski definition) is 1. The van der Waals surface area contributed by atoms with Crippen molar-refractivity contribution in [1.29, 1.82) is 0 Å². The molecule has 1 N–H and O–H groups in total. The van der Waals surface area contributed by atoms with E-state index in [1.807, 2.05) is 6.07 Å². The molecule has 2 saturated heterocycles. The van der Waals surface area contributed by atoms with Crippen LogP contribution < -0.4 is 4.74 Å². The lowest BCUT2D eigenvalue weighted by atomic mass is 10.1. The van der Waals surface area contributed by atoms with Gasteiger partial charge < -0.3 is 9.84 Å². The second-order valence-electron chi connectivity index (χ2n) is 6.13. The molecule has 0 amide bonds. The highest BCUT2D eigenvalue weighted by Gasteiger charge is 2.37. The molecule has 0 spiro atoms. The van der Waals surface area contributed by atoms with Crippen LogP contribution in [-0.2, 0) is 6.54 Å². The van der Waals surface area contributed by atoms with Crippen molar-refractivity contribution in [2.45, 2.75) is 38.1 Å². The van der Waals surface area contributed by atoms with Crippen molar-refractivity contribution in [2.24, 2.45) is 0 Å². The molecule has 2 aliphatic rings. The molecule has 4 nitrogen and oxygen atoms in total. The lowest BCUT2D eigenvalue weighted by Crippen LogP contribution is -2.54. The second-order valence-corrected chi connectivity index (χ2v) is 6.13. The average Bonchev–Trinajstić information content (AvgIpc) is 2.78. The minimum atomic E-state index is -0.135. The molecular weight excluding hydrogens is 252 g/mol. The fraction of sp³-hybridized carbons (Fsp3) is 0.625. The summed E-state index contributed by atoms with van der Waals surface area (Å²) in [6, 6.07) is 9.36. The zero-order chi connectivity index (χ0) is 14.1. The van der Waals surface area contributed by atoms with E-state index in [2.05, 4.69) is 34.9 Å². The van der Waals surface area contributed by atoms with E-state index < -0.39 is 0 Å². The third-order valence-corrected chi connectivity index (χ3v) is 4.59. The quantitative estimate of drug-likeness (QED) is 0.903. The zero-order valence-electron chi connectivity index (χ0n) is 12.3. The second kappa shape index (κ2) is 5.72. The molecule has 2 aliphatic heterocycles. The molecule has 0 aliphatic carbocycles. The molecule has 0 bridgehead atoms. The summed E-state index contributed by atoms with van der Waals surface area (Å²) in [5.41, 5.74) is 1.29. The number of rotatable bonds is 3. The number of benzene rings is 1. The first kappa shape index (κ1) is 13.9. The van der Waals surface area contributed by atoms with Gasteiger partial charge in [-0.15, -0.1) is 0 Å². The number of aliphatic hydroxyl groups is 1. The smallest absolute Gasteiger partial charge is 0.119 e. The Labute approximate surface area is 120 Å². The highest BCUT2D eigenvalue weighted by molar-refractivity contribution is 5.28. The number of piperazine rings is 1. The molecule has 3 atom stereocenters. The van der Waals surface area contributed by atoms with Gasteiger partial charge in [-0.25, -0.2) is 0 Å². The van der Waals surface area contributed by atoms with Crippen LogP contribution in [0, 0.1) is 0 Å². The van der Waals surface area contributed by atoms with Gasteiger partial charge in [0.05, 0.1) is 13.2 Å². The maximum atomic E-state index is 9.81. The first-order valence-corrected chi connectivity index (χ1v) is 7.45. The molecular formula is C16H24N2O2. The van der Waals surface area contributed by atoms with Crippen LogP contribution in [0.5, 0.6) is 5.75 Å². The summed E-state index contributed by atoms with van der Waals surface area (Å²) >= 11 is 0. The van der Waals surface area contributed by atoms with Crippen LogP contribution in [-0.4, -0.2) is 59.8 Å². The third kappa shape index (κ3) is 2.82. The number of fused-ring (bicyclic) bond motifs is 1. The molecule has 2 fully saturated rings. The number of aliphatic hydroxyl groups excluding tert-OH is 1. The van der Waals surface area contributed by atoms with Crippen LogP contribution in [0.15, 0.2) is 24.3 Å². The molecule has 110 valence electrons. The Bertz CT molecular complexity index is 466. The van der Waals surface area contributed by atoms with Gasteiger partial charge >= 0.3 is 0 Å². The highest BCUT2D eigenvalue weighted by atomic mass is 16.5. The SMILES string of the molecule is COc1cccc(CN2CC3C[C@@H](O)CN3C[C@H]2C)c1. The molecule has 0 radical (unpaired) electrons. The van der Waals surface area contributed by atoms with Crippen molar-refractivity contribution in [1.82, 2.24) is 9.80 Å². The minimum absolute atomic E-state index is 0.135. The Hall–Kier alpha value is -1.10. The standard InChI is InChI=1S/C16H24N2O2/c1-12-8-18-11-15(19)7-14(18)10-17(12)9-13-4-3-5-16(6-13)20-2/h3-6,12,14-15,19H,7-11H2,1-2H3/t12-,14?,15-/m1/s1. The first-order valence-electron chi connectivity index (χ1n) is 7.45. The number of ether oxygens (including phenoxy) is 1. The van der Waals surface area contributed by atoms with Gasteiger partial charge in [0.25, 0.3) is 0 Å². The fourth-order valence-electron chi connectivity index (χ4n) is 3.50. The summed E-state index contributed by atoms with van der Waals surface area (Å²) in [6.07, 6.45) is 0.783. The minimum Gasteiger partial charge on any atom is -0.497 e. The van der Waals surface area contributed by atoms with Crippen molar-refractivity contribution in [2.75, 3.05) is 26.7 Å². The van der Waals surface area contributed by atoms with Gasteiger partial charge in [-0.2, -0.15) is 0 Å². The van der Waals surface area contributed by atoms with Gasteiger partial charge in [0.1, 0.15) is 5.75 Å². The first-order chi connectivity index (χ1) is 9.65. The van der Waals surface area contributed by atoms with E-state index in [0.717, 1.165) is 38.3 Å². The Morgan fingerprint density at radius 3 is 2.95 bits per heavy atom. The number of hydrogen-bond acceptors (Lipinski definition) is 4. The summed E-state index contributed by atoms with van der Waals surface area (Å²) in [5, 5.41) is 9.81. The van der Waals surface area contributed by atoms with Gasteiger partial charge in [-0.3, -0.25) is 9.80 Å². The van der Waals surface area contributed by atoms with Crippen LogP contribution >= 0.6 is 0 Å². The van der Waals surface area contributed by atoms with Crippen LogP contribution in [0.1, 0.15) is 18.9 Å². The Balaban J connectivity index is 1.67. The number of methoxy groups -OCH3 is 1. The molecule has 1 aromatic rings. The molecule has 20 heavy (non-hydrogen) atoms. The van der Waals surface area contributed by atoms with Crippen LogP contribution in [0.2, 0.25) is 0 Å². The van der Waals surface area contributed by atoms with Crippen molar-refractivity contribution < 1.29 is 9.84 Å². The molecule has 2 heterocycles. The van der Waals surface area contributed by atoms with Crippen molar-refractivity contribution >= 4 is 0 Å². The highest BCUT2D eigenvalue weighted by Crippen LogP contribution is 2.26. The summed E-state index contributed by atoms with van der Waals surface area (Å²) in [6.45, 7) is 6.20. The summed E-state index contributed by atoms with van der Waals surface area (Å²) < 4.78 is 5.29. The van der Waals surface area contributed by atoms with E-state index >= 15 is 0 Å². The molecule has 1 unspecified atom stereocenters. The van der Waals surface area contributed by atoms with Crippen molar-refractivity contribution in [3.8, 4) is 5.75 Å². The maximum absolute atomic E-state index is 9.81. The monoisotopic (exact) mass is 276 g/mol. The molecule has 1 aromatic carbocycles. The molecule has 3 rings (SSSR count). The van der Waals surface area contributed by atoms with E-state index in [1.165, 1.54) is 5.56 Å². The van der Waals surface area contributed by atoms with E-state index in [-0.39, 0.29) is 6.10 Å². The summed E-state index contributed by atoms with van der Waals surface area (Å²) in [7, 11) is 1.71. The van der Waals surface area contributed by atoms with Gasteiger partial charge in [0.15, 0.2) is 0 Å². The third-order valence-electron chi connectivity index (χ3n) is 4.59. The lowest BCUT2D eigenvalue weighted by molar-refractivity contribution is 0.0528. The Kier molecular flexibility index (Phi) is 3.96. The van der Waals surface area contributed by atoms with Gasteiger partial charge in [-0.1, -0.05) is 12.1 Å². The molecule has 0 saturated carbocycles. The van der Waals surface area contributed by atoms with Crippen molar-refractivity contribution in [3.05, 3.63) is 29.8 Å². The van der Waals surface area contributed by atoms with Gasteiger partial charge in [-0.05, 0) is 31.0 Å². The Morgan fingerprint density at radius 1 is 1.30 bits per heavy atom. The predicted molar refractivity (Wildman–Crippen MR) is 78.9 cm³/mol. The maximum Gasteiger partial charge on any atom is 0.119 e. The predicted octanol–water partition coefficient (Wildman–Crippen LogP) is 1.33. The van der Waals surface area contributed by atoms with E-state index in [1.54, 1.807) is 7.11 Å². The van der Waals surface area contributed by atoms with E-state index in [0.29, 0.717) is 12.1 Å². The lowest BCUT2D eigenvalue weighted by Gasteiger charge is -2.42. The van der Waals surface area contributed by atoms with Crippen LogP contribution in [0.4, 0.5) is 0 Å². The average molecular weight is 276 g/mol. The Morgan fingerprint density at radius 2 is 2.15 bits per heavy atom. The van der Waals surface area contributed by atoms with Crippen LogP contribution in [0.3, 0.4) is 0 Å². The van der Waals surface area contributed by atoms with Crippen LogP contribution in [0.25, 0.3) is 0 Å². The topological polar surface area (TPSA) is 35.9 Å².